The van der Waals surface area contributed by atoms with Gasteiger partial charge in [-0.15, -0.1) is 0 Å². The third-order valence-corrected chi connectivity index (χ3v) is 4.87. The number of anilines is 1. The number of hydrogen-bond acceptors (Lipinski definition) is 4. The summed E-state index contributed by atoms with van der Waals surface area (Å²) in [6, 6.07) is 7.59. The summed E-state index contributed by atoms with van der Waals surface area (Å²) in [6.07, 6.45) is -3.47. The lowest BCUT2D eigenvalue weighted by Crippen LogP contribution is -2.39. The molecule has 154 valence electrons. The molecule has 1 saturated carbocycles. The molecule has 0 radical (unpaired) electrons. The van der Waals surface area contributed by atoms with Gasteiger partial charge in [0.05, 0.1) is 17.9 Å². The van der Waals surface area contributed by atoms with Gasteiger partial charge in [0.1, 0.15) is 12.1 Å². The second-order valence-electron chi connectivity index (χ2n) is 6.52. The highest BCUT2D eigenvalue weighted by molar-refractivity contribution is 9.10. The largest absolute Gasteiger partial charge is 0.421 e. The molecule has 1 aliphatic carbocycles. The Morgan fingerprint density at radius 1 is 1.21 bits per heavy atom. The van der Waals surface area contributed by atoms with E-state index in [0.717, 1.165) is 6.07 Å². The van der Waals surface area contributed by atoms with Crippen LogP contribution in [0.2, 0.25) is 0 Å². The van der Waals surface area contributed by atoms with Gasteiger partial charge in [0.25, 0.3) is 5.56 Å². The van der Waals surface area contributed by atoms with Crippen LogP contribution in [-0.2, 0) is 22.3 Å². The van der Waals surface area contributed by atoms with Crippen molar-refractivity contribution in [3.63, 3.8) is 0 Å². The van der Waals surface area contributed by atoms with Crippen molar-refractivity contribution in [3.8, 4) is 0 Å². The van der Waals surface area contributed by atoms with Crippen LogP contribution in [0.5, 0.6) is 0 Å². The first-order valence-corrected chi connectivity index (χ1v) is 9.45. The second kappa shape index (κ2) is 8.36. The molecule has 1 fully saturated rings. The topological polar surface area (TPSA) is 93.1 Å². The molecule has 1 heterocycles. The Bertz CT molecular complexity index is 1000. The standard InChI is InChI=1S/C18H16BrF3N4O3/c19-12-3-1-2-4-13(12)24-15(27)8-23-16(28)9-26-17(29)11(18(20,21)22)7-14(25-26)10-5-6-10/h1-4,7,10H,5-6,8-9H2,(H,23,28)(H,24,27). The molecule has 1 aromatic carbocycles. The van der Waals surface area contributed by atoms with Crippen LogP contribution in [-0.4, -0.2) is 28.1 Å². The zero-order chi connectivity index (χ0) is 21.2. The number of carbonyl (C=O) groups excluding carboxylic acids is 2. The van der Waals surface area contributed by atoms with Crippen LogP contribution in [0, 0.1) is 0 Å². The Morgan fingerprint density at radius 3 is 2.52 bits per heavy atom. The molecular formula is C18H16BrF3N4O3. The summed E-state index contributed by atoms with van der Waals surface area (Å²) < 4.78 is 40.5. The van der Waals surface area contributed by atoms with Crippen molar-refractivity contribution in [1.82, 2.24) is 15.1 Å². The summed E-state index contributed by atoms with van der Waals surface area (Å²) in [7, 11) is 0. The smallest absolute Gasteiger partial charge is 0.345 e. The highest BCUT2D eigenvalue weighted by Crippen LogP contribution is 2.40. The fourth-order valence-electron chi connectivity index (χ4n) is 2.58. The number of alkyl halides is 3. The number of halogens is 4. The maximum atomic E-state index is 13.1. The number of nitrogens with one attached hydrogen (secondary N) is 2. The van der Waals surface area contributed by atoms with Crippen LogP contribution in [0.3, 0.4) is 0 Å². The SMILES string of the molecule is O=C(Cn1nc(C2CC2)cc(C(F)(F)F)c1=O)NCC(=O)Nc1ccccc1Br. The Hall–Kier alpha value is -2.69. The zero-order valence-electron chi connectivity index (χ0n) is 14.9. The molecule has 0 spiro atoms. The number of benzene rings is 1. The molecule has 1 aliphatic rings. The first-order valence-electron chi connectivity index (χ1n) is 8.65. The molecule has 0 aliphatic heterocycles. The number of nitrogens with zero attached hydrogens (tertiary/aromatic N) is 2. The van der Waals surface area contributed by atoms with Crippen LogP contribution in [0.1, 0.15) is 30.0 Å². The van der Waals surface area contributed by atoms with E-state index in [1.165, 1.54) is 0 Å². The minimum atomic E-state index is -4.84. The molecule has 3 rings (SSSR count). The third kappa shape index (κ3) is 5.43. The number of carbonyl (C=O) groups is 2. The molecule has 2 N–H and O–H groups in total. The van der Waals surface area contributed by atoms with Gasteiger partial charge in [-0.3, -0.25) is 14.4 Å². The van der Waals surface area contributed by atoms with Gasteiger partial charge in [-0.05, 0) is 47.0 Å². The van der Waals surface area contributed by atoms with Gasteiger partial charge in [-0.1, -0.05) is 12.1 Å². The van der Waals surface area contributed by atoms with Crippen molar-refractivity contribution in [1.29, 1.82) is 0 Å². The second-order valence-corrected chi connectivity index (χ2v) is 7.38. The molecule has 1 aromatic heterocycles. The van der Waals surface area contributed by atoms with Crippen LogP contribution >= 0.6 is 15.9 Å². The van der Waals surface area contributed by atoms with Crippen molar-refractivity contribution in [2.45, 2.75) is 31.5 Å². The molecule has 2 amide bonds. The van der Waals surface area contributed by atoms with E-state index >= 15 is 0 Å². The number of para-hydroxylation sites is 1. The van der Waals surface area contributed by atoms with Gasteiger partial charge >= 0.3 is 6.18 Å². The Morgan fingerprint density at radius 2 is 1.90 bits per heavy atom. The third-order valence-electron chi connectivity index (χ3n) is 4.18. The van der Waals surface area contributed by atoms with Gasteiger partial charge in [0, 0.05) is 10.4 Å². The van der Waals surface area contributed by atoms with Crippen LogP contribution in [0.15, 0.2) is 39.6 Å². The summed E-state index contributed by atoms with van der Waals surface area (Å²) in [5, 5.41) is 8.73. The molecular weight excluding hydrogens is 457 g/mol. The number of hydrogen-bond donors (Lipinski definition) is 2. The van der Waals surface area contributed by atoms with Crippen LogP contribution < -0.4 is 16.2 Å². The summed E-state index contributed by atoms with van der Waals surface area (Å²) >= 11 is 3.26. The predicted molar refractivity (Wildman–Crippen MR) is 101 cm³/mol. The molecule has 2 aromatic rings. The molecule has 0 atom stereocenters. The van der Waals surface area contributed by atoms with Gasteiger partial charge in [-0.25, -0.2) is 4.68 Å². The molecule has 7 nitrogen and oxygen atoms in total. The van der Waals surface area contributed by atoms with E-state index in [0.29, 0.717) is 27.7 Å². The van der Waals surface area contributed by atoms with E-state index in [1.54, 1.807) is 24.3 Å². The lowest BCUT2D eigenvalue weighted by molar-refractivity contribution is -0.139. The fourth-order valence-corrected chi connectivity index (χ4v) is 2.96. The van der Waals surface area contributed by atoms with E-state index in [1.807, 2.05) is 0 Å². The van der Waals surface area contributed by atoms with Crippen molar-refractivity contribution in [3.05, 3.63) is 56.4 Å². The van der Waals surface area contributed by atoms with E-state index in [-0.39, 0.29) is 11.6 Å². The van der Waals surface area contributed by atoms with Crippen LogP contribution in [0.25, 0.3) is 0 Å². The maximum absolute atomic E-state index is 13.1. The Kier molecular flexibility index (Phi) is 6.06. The van der Waals surface area contributed by atoms with Crippen molar-refractivity contribution < 1.29 is 22.8 Å². The van der Waals surface area contributed by atoms with Crippen LogP contribution in [0.4, 0.5) is 18.9 Å². The highest BCUT2D eigenvalue weighted by atomic mass is 79.9. The van der Waals surface area contributed by atoms with E-state index in [4.69, 9.17) is 0 Å². The highest BCUT2D eigenvalue weighted by Gasteiger charge is 2.37. The van der Waals surface area contributed by atoms with Gasteiger partial charge in [0.2, 0.25) is 11.8 Å². The Balaban J connectivity index is 1.66. The monoisotopic (exact) mass is 472 g/mol. The van der Waals surface area contributed by atoms with E-state index in [9.17, 15) is 27.6 Å². The van der Waals surface area contributed by atoms with Crippen molar-refractivity contribution in [2.24, 2.45) is 0 Å². The summed E-state index contributed by atoms with van der Waals surface area (Å²) in [5.74, 6) is -1.47. The lowest BCUT2D eigenvalue weighted by atomic mass is 10.2. The molecule has 11 heteroatoms. The Labute approximate surface area is 171 Å². The zero-order valence-corrected chi connectivity index (χ0v) is 16.5. The first kappa shape index (κ1) is 21.0. The van der Waals surface area contributed by atoms with E-state index < -0.39 is 42.2 Å². The normalized spacial score (nSPS) is 13.8. The predicted octanol–water partition coefficient (Wildman–Crippen LogP) is 2.66. The quantitative estimate of drug-likeness (QED) is 0.675. The summed E-state index contributed by atoms with van der Waals surface area (Å²) in [5.41, 5.74) is -2.11. The van der Waals surface area contributed by atoms with Crippen molar-refractivity contribution in [2.75, 3.05) is 11.9 Å². The molecule has 0 saturated heterocycles. The fraction of sp³-hybridized carbons (Fsp3) is 0.333. The summed E-state index contributed by atoms with van der Waals surface area (Å²) in [4.78, 5) is 36.1. The number of rotatable bonds is 6. The number of aromatic nitrogens is 2. The lowest BCUT2D eigenvalue weighted by Gasteiger charge is -2.12. The van der Waals surface area contributed by atoms with Crippen molar-refractivity contribution >= 4 is 33.4 Å². The van der Waals surface area contributed by atoms with Gasteiger partial charge in [-0.2, -0.15) is 18.3 Å². The molecule has 0 bridgehead atoms. The average Bonchev–Trinajstić information content (AvgIpc) is 3.48. The molecule has 29 heavy (non-hydrogen) atoms. The molecule has 0 unspecified atom stereocenters. The van der Waals surface area contributed by atoms with E-state index in [2.05, 4.69) is 31.7 Å². The van der Waals surface area contributed by atoms with Gasteiger partial charge < -0.3 is 10.6 Å². The minimum absolute atomic E-state index is 0.136. The minimum Gasteiger partial charge on any atom is -0.345 e. The first-order chi connectivity index (χ1) is 13.6. The van der Waals surface area contributed by atoms with Gasteiger partial charge in [0.15, 0.2) is 0 Å². The maximum Gasteiger partial charge on any atom is 0.421 e. The summed E-state index contributed by atoms with van der Waals surface area (Å²) in [6.45, 7) is -1.13. The number of amides is 2. The average molecular weight is 473 g/mol.